The molecule has 0 aliphatic carbocycles. The summed E-state index contributed by atoms with van der Waals surface area (Å²) in [5.41, 5.74) is 1.53. The van der Waals surface area contributed by atoms with E-state index in [0.29, 0.717) is 0 Å². The molecule has 0 radical (unpaired) electrons. The second-order valence-corrected chi connectivity index (χ2v) is 18.5. The summed E-state index contributed by atoms with van der Waals surface area (Å²) in [6.45, 7) is 13.3. The normalized spacial score (nSPS) is 13.6. The summed E-state index contributed by atoms with van der Waals surface area (Å²) in [4.78, 5) is 0.0182. The zero-order valence-electron chi connectivity index (χ0n) is 30.3. The van der Waals surface area contributed by atoms with Crippen molar-refractivity contribution in [3.05, 3.63) is 94.8 Å². The number of benzene rings is 2. The van der Waals surface area contributed by atoms with Crippen molar-refractivity contribution in [2.24, 2.45) is 0 Å². The maximum absolute atomic E-state index is 14.0. The SMILES string of the molecule is C/C=C(\N(CC/C=C/CCN(/C(=C\C)P(=O)(OCC)OCC)S(=O)(=O)c1ccc(C)cc1)S(=O)(=O)c1ccc(C)cc1)P(=O)(OCC)OCC. The minimum absolute atomic E-state index is 0.00911. The standard InChI is InChI=1S/C34H52N2O10P2S2/c1-9-33(47(37,43-11-3)44-12-4)35(49(39,40)31-23-19-29(7)20-24-31)27-17-15-16-18-28-36(34(10-2)48(38,45-13-5)46-14-6)50(41,42)32-25-21-30(8)22-26-32/h9-10,15-16,19-26H,11-14,17-18,27-28H2,1-8H3/b16-15+,33-9+,34-10+. The second kappa shape index (κ2) is 19.9. The van der Waals surface area contributed by atoms with Gasteiger partial charge in [0.25, 0.3) is 20.0 Å². The summed E-state index contributed by atoms with van der Waals surface area (Å²) < 4.78 is 108. The number of nitrogens with zero attached hydrogens (tertiary/aromatic N) is 2. The Bertz CT molecular complexity index is 1640. The van der Waals surface area contributed by atoms with Crippen LogP contribution in [0.4, 0.5) is 0 Å². The van der Waals surface area contributed by atoms with Gasteiger partial charge in [0.05, 0.1) is 36.2 Å². The molecule has 0 fully saturated rings. The van der Waals surface area contributed by atoms with Crippen molar-refractivity contribution in [2.75, 3.05) is 39.5 Å². The molecule has 16 heteroatoms. The molecule has 0 spiro atoms. The lowest BCUT2D eigenvalue weighted by atomic mass is 10.2. The maximum Gasteiger partial charge on any atom is 0.377 e. The molecule has 0 aliphatic rings. The van der Waals surface area contributed by atoms with Crippen LogP contribution in [0.3, 0.4) is 0 Å². The number of sulfonamides is 2. The quantitative estimate of drug-likeness (QED) is 0.0842. The molecule has 0 aliphatic heterocycles. The molecule has 2 aromatic carbocycles. The monoisotopic (exact) mass is 774 g/mol. The Morgan fingerprint density at radius 1 is 0.580 bits per heavy atom. The second-order valence-electron chi connectivity index (χ2n) is 10.8. The molecule has 0 atom stereocenters. The van der Waals surface area contributed by atoms with Crippen LogP contribution >= 0.6 is 15.2 Å². The van der Waals surface area contributed by atoms with Gasteiger partial charge in [0.2, 0.25) is 0 Å². The van der Waals surface area contributed by atoms with Gasteiger partial charge in [0.15, 0.2) is 0 Å². The highest BCUT2D eigenvalue weighted by Crippen LogP contribution is 2.59. The minimum atomic E-state index is -4.21. The molecule has 280 valence electrons. The number of allylic oxidation sites excluding steroid dienone is 2. The molecule has 0 unspecified atom stereocenters. The molecule has 0 amide bonds. The van der Waals surface area contributed by atoms with Gasteiger partial charge in [-0.3, -0.25) is 17.7 Å². The lowest BCUT2D eigenvalue weighted by Gasteiger charge is -2.30. The van der Waals surface area contributed by atoms with Crippen molar-refractivity contribution < 1.29 is 44.1 Å². The smallest absolute Gasteiger partial charge is 0.304 e. The van der Waals surface area contributed by atoms with Gasteiger partial charge in [0.1, 0.15) is 10.9 Å². The molecule has 0 saturated carbocycles. The fourth-order valence-corrected chi connectivity index (χ4v) is 12.4. The lowest BCUT2D eigenvalue weighted by molar-refractivity contribution is 0.219. The summed E-state index contributed by atoms with van der Waals surface area (Å²) in [6, 6.07) is 12.6. The highest BCUT2D eigenvalue weighted by Gasteiger charge is 2.40. The highest BCUT2D eigenvalue weighted by atomic mass is 32.2. The first kappa shape index (κ1) is 43.6. The Balaban J connectivity index is 2.47. The zero-order valence-corrected chi connectivity index (χ0v) is 33.7. The van der Waals surface area contributed by atoms with Gasteiger partial charge in [0, 0.05) is 13.1 Å². The Morgan fingerprint density at radius 2 is 0.860 bits per heavy atom. The molecule has 12 nitrogen and oxygen atoms in total. The van der Waals surface area contributed by atoms with Gasteiger partial charge in [-0.05, 0) is 92.5 Å². The summed E-state index contributed by atoms with van der Waals surface area (Å²) in [5.74, 6) is 0. The van der Waals surface area contributed by atoms with Gasteiger partial charge >= 0.3 is 15.2 Å². The van der Waals surface area contributed by atoms with Crippen molar-refractivity contribution >= 4 is 35.2 Å². The van der Waals surface area contributed by atoms with E-state index in [1.807, 2.05) is 13.8 Å². The van der Waals surface area contributed by atoms with Crippen molar-refractivity contribution in [2.45, 2.75) is 78.0 Å². The highest BCUT2D eigenvalue weighted by molar-refractivity contribution is 7.90. The molecule has 0 heterocycles. The van der Waals surface area contributed by atoms with Gasteiger partial charge in [-0.2, -0.15) is 0 Å². The average Bonchev–Trinajstić information content (AvgIpc) is 3.05. The van der Waals surface area contributed by atoms with E-state index < -0.39 is 35.2 Å². The van der Waals surface area contributed by atoms with Crippen molar-refractivity contribution in [1.82, 2.24) is 8.61 Å². The molecule has 0 N–H and O–H groups in total. The summed E-state index contributed by atoms with van der Waals surface area (Å²) >= 11 is 0. The number of hydrogen-bond donors (Lipinski definition) is 0. The average molecular weight is 775 g/mol. The van der Waals surface area contributed by atoms with Gasteiger partial charge in [-0.25, -0.2) is 16.8 Å². The number of rotatable bonds is 22. The van der Waals surface area contributed by atoms with Crippen molar-refractivity contribution in [3.8, 4) is 0 Å². The maximum atomic E-state index is 14.0. The molecule has 0 bridgehead atoms. The third kappa shape index (κ3) is 11.0. The molecule has 2 aromatic rings. The summed E-state index contributed by atoms with van der Waals surface area (Å²) in [7, 11) is -16.5. The van der Waals surface area contributed by atoms with Crippen LogP contribution < -0.4 is 0 Å². The largest absolute Gasteiger partial charge is 0.377 e. The van der Waals surface area contributed by atoms with Crippen LogP contribution in [0.2, 0.25) is 0 Å². The molecule has 2 rings (SSSR count). The summed E-state index contributed by atoms with van der Waals surface area (Å²) in [6.07, 6.45) is 6.57. The Hall–Kier alpha value is -2.54. The fraction of sp³-hybridized carbons (Fsp3) is 0.471. The van der Waals surface area contributed by atoms with Gasteiger partial charge in [-0.15, -0.1) is 0 Å². The van der Waals surface area contributed by atoms with E-state index in [1.165, 1.54) is 36.4 Å². The van der Waals surface area contributed by atoms with Crippen molar-refractivity contribution in [1.29, 1.82) is 0 Å². The van der Waals surface area contributed by atoms with Gasteiger partial charge < -0.3 is 18.1 Å². The molecular weight excluding hydrogens is 722 g/mol. The van der Waals surface area contributed by atoms with E-state index in [1.54, 1.807) is 78.0 Å². The molecule has 0 aromatic heterocycles. The summed E-state index contributed by atoms with van der Waals surface area (Å²) in [5, 5.41) is 0. The van der Waals surface area contributed by atoms with Crippen LogP contribution in [-0.4, -0.2) is 65.0 Å². The lowest BCUT2D eigenvalue weighted by Crippen LogP contribution is -2.32. The van der Waals surface area contributed by atoms with Crippen LogP contribution in [-0.2, 0) is 47.3 Å². The van der Waals surface area contributed by atoms with Crippen LogP contribution in [0.5, 0.6) is 0 Å². The van der Waals surface area contributed by atoms with Crippen LogP contribution in [0, 0.1) is 13.8 Å². The fourth-order valence-electron chi connectivity index (χ4n) is 4.91. The topological polar surface area (TPSA) is 146 Å². The molecule has 50 heavy (non-hydrogen) atoms. The first-order valence-corrected chi connectivity index (χ1v) is 22.5. The number of aryl methyl sites for hydroxylation is 2. The Kier molecular flexibility index (Phi) is 17.4. The predicted octanol–water partition coefficient (Wildman–Crippen LogP) is 8.58. The minimum Gasteiger partial charge on any atom is -0.304 e. The van der Waals surface area contributed by atoms with E-state index in [2.05, 4.69) is 0 Å². The van der Waals surface area contributed by atoms with Gasteiger partial charge in [-0.1, -0.05) is 59.7 Å². The molecular formula is C34H52N2O10P2S2. The van der Waals surface area contributed by atoms with E-state index >= 15 is 0 Å². The zero-order chi connectivity index (χ0) is 37.6. The van der Waals surface area contributed by atoms with Crippen LogP contribution in [0.1, 0.15) is 65.5 Å². The third-order valence-corrected chi connectivity index (χ3v) is 15.6. The Morgan fingerprint density at radius 3 is 1.10 bits per heavy atom. The number of hydrogen-bond acceptors (Lipinski definition) is 10. The molecule has 0 saturated heterocycles. The van der Waals surface area contributed by atoms with E-state index in [-0.39, 0.29) is 73.0 Å². The van der Waals surface area contributed by atoms with Crippen LogP contribution in [0.15, 0.2) is 93.5 Å². The van der Waals surface area contributed by atoms with Crippen LogP contribution in [0.25, 0.3) is 0 Å². The Labute approximate surface area is 299 Å². The predicted molar refractivity (Wildman–Crippen MR) is 198 cm³/mol. The van der Waals surface area contributed by atoms with E-state index in [4.69, 9.17) is 18.1 Å². The van der Waals surface area contributed by atoms with E-state index in [9.17, 15) is 26.0 Å². The first-order chi connectivity index (χ1) is 23.6. The third-order valence-electron chi connectivity index (χ3n) is 7.17. The van der Waals surface area contributed by atoms with E-state index in [0.717, 1.165) is 19.7 Å². The first-order valence-electron chi connectivity index (χ1n) is 16.6. The van der Waals surface area contributed by atoms with Crippen molar-refractivity contribution in [3.63, 3.8) is 0 Å².